The third kappa shape index (κ3) is 1.71. The summed E-state index contributed by atoms with van der Waals surface area (Å²) in [4.78, 5) is 10.3. The van der Waals surface area contributed by atoms with Gasteiger partial charge in [0.15, 0.2) is 0 Å². The normalized spacial score (nSPS) is 10.0. The summed E-state index contributed by atoms with van der Waals surface area (Å²) in [5.74, 6) is 0. The summed E-state index contributed by atoms with van der Waals surface area (Å²) in [6.45, 7) is 0. The lowest BCUT2D eigenvalue weighted by Gasteiger charge is -2.01. The van der Waals surface area contributed by atoms with Crippen molar-refractivity contribution in [2.75, 3.05) is 0 Å². The molecule has 0 saturated carbocycles. The molecule has 3 nitrogen and oxygen atoms in total. The number of aromatic nitrogens is 2. The molecule has 3 heteroatoms. The minimum Gasteiger partial charge on any atom is -0.303 e. The Labute approximate surface area is 82.0 Å². The van der Waals surface area contributed by atoms with Gasteiger partial charge in [0.1, 0.15) is 6.29 Å². The summed E-state index contributed by atoms with van der Waals surface area (Å²) in [7, 11) is 0. The second kappa shape index (κ2) is 3.87. The van der Waals surface area contributed by atoms with E-state index < -0.39 is 0 Å². The molecule has 0 atom stereocenters. The molecule has 2 rings (SSSR count). The van der Waals surface area contributed by atoms with E-state index in [1.54, 1.807) is 10.9 Å². The van der Waals surface area contributed by atoms with Crippen LogP contribution in [0, 0.1) is 0 Å². The van der Waals surface area contributed by atoms with Crippen molar-refractivity contribution in [3.8, 4) is 5.69 Å². The monoisotopic (exact) mass is 186 g/mol. The predicted octanol–water partition coefficient (Wildman–Crippen LogP) is 1.61. The fraction of sp³-hybridized carbons (Fsp3) is 0.0909. The molecule has 0 radical (unpaired) electrons. The van der Waals surface area contributed by atoms with Crippen LogP contribution in [0.1, 0.15) is 5.56 Å². The van der Waals surface area contributed by atoms with Crippen molar-refractivity contribution in [3.63, 3.8) is 0 Å². The highest BCUT2D eigenvalue weighted by molar-refractivity contribution is 5.55. The van der Waals surface area contributed by atoms with Gasteiger partial charge >= 0.3 is 0 Å². The molecule has 1 aromatic carbocycles. The second-order valence-corrected chi connectivity index (χ2v) is 2.99. The quantitative estimate of drug-likeness (QED) is 0.682. The molecular weight excluding hydrogens is 176 g/mol. The Morgan fingerprint density at radius 1 is 1.29 bits per heavy atom. The molecule has 0 aliphatic rings. The van der Waals surface area contributed by atoms with Crippen LogP contribution in [0.3, 0.4) is 0 Å². The van der Waals surface area contributed by atoms with Crippen LogP contribution >= 0.6 is 0 Å². The SMILES string of the molecule is O=CCc1ccc(-n2cccn2)cc1. The first-order chi connectivity index (χ1) is 6.90. The van der Waals surface area contributed by atoms with Crippen LogP contribution in [0.4, 0.5) is 0 Å². The fourth-order valence-corrected chi connectivity index (χ4v) is 1.30. The first kappa shape index (κ1) is 8.69. The van der Waals surface area contributed by atoms with Gasteiger partial charge in [0.25, 0.3) is 0 Å². The van der Waals surface area contributed by atoms with Crippen LogP contribution in [-0.4, -0.2) is 16.1 Å². The Hall–Kier alpha value is -1.90. The summed E-state index contributed by atoms with van der Waals surface area (Å²) in [6.07, 6.45) is 5.00. The number of hydrogen-bond acceptors (Lipinski definition) is 2. The van der Waals surface area contributed by atoms with Gasteiger partial charge in [-0.05, 0) is 23.8 Å². The topological polar surface area (TPSA) is 34.9 Å². The molecule has 0 spiro atoms. The third-order valence-corrected chi connectivity index (χ3v) is 2.02. The molecule has 0 unspecified atom stereocenters. The van der Waals surface area contributed by atoms with Crippen LogP contribution in [0.5, 0.6) is 0 Å². The van der Waals surface area contributed by atoms with Gasteiger partial charge in [-0.2, -0.15) is 5.10 Å². The van der Waals surface area contributed by atoms with E-state index in [4.69, 9.17) is 0 Å². The van der Waals surface area contributed by atoms with Gasteiger partial charge in [0, 0.05) is 18.8 Å². The van der Waals surface area contributed by atoms with Gasteiger partial charge < -0.3 is 4.79 Å². The van der Waals surface area contributed by atoms with Crippen molar-refractivity contribution in [1.29, 1.82) is 0 Å². The number of carbonyl (C=O) groups excluding carboxylic acids is 1. The first-order valence-corrected chi connectivity index (χ1v) is 4.43. The zero-order chi connectivity index (χ0) is 9.80. The summed E-state index contributed by atoms with van der Waals surface area (Å²) >= 11 is 0. The average molecular weight is 186 g/mol. The van der Waals surface area contributed by atoms with Crippen molar-refractivity contribution < 1.29 is 4.79 Å². The van der Waals surface area contributed by atoms with Gasteiger partial charge in [0.05, 0.1) is 5.69 Å². The van der Waals surface area contributed by atoms with E-state index >= 15 is 0 Å². The van der Waals surface area contributed by atoms with E-state index in [1.165, 1.54) is 0 Å². The Balaban J connectivity index is 2.26. The average Bonchev–Trinajstić information content (AvgIpc) is 2.72. The Bertz CT molecular complexity index is 403. The Morgan fingerprint density at radius 2 is 2.07 bits per heavy atom. The van der Waals surface area contributed by atoms with E-state index in [1.807, 2.05) is 36.5 Å². The molecule has 0 N–H and O–H groups in total. The highest BCUT2D eigenvalue weighted by atomic mass is 16.1. The summed E-state index contributed by atoms with van der Waals surface area (Å²) in [6, 6.07) is 9.65. The smallest absolute Gasteiger partial charge is 0.124 e. The van der Waals surface area contributed by atoms with Crippen molar-refractivity contribution in [2.45, 2.75) is 6.42 Å². The number of nitrogens with zero attached hydrogens (tertiary/aromatic N) is 2. The zero-order valence-electron chi connectivity index (χ0n) is 7.63. The van der Waals surface area contributed by atoms with Crippen molar-refractivity contribution in [1.82, 2.24) is 9.78 Å². The maximum absolute atomic E-state index is 10.3. The second-order valence-electron chi connectivity index (χ2n) is 2.99. The van der Waals surface area contributed by atoms with E-state index in [-0.39, 0.29) is 0 Å². The van der Waals surface area contributed by atoms with Crippen LogP contribution < -0.4 is 0 Å². The van der Waals surface area contributed by atoms with Gasteiger partial charge in [-0.25, -0.2) is 4.68 Å². The highest BCUT2D eigenvalue weighted by Gasteiger charge is 1.95. The molecule has 1 aromatic heterocycles. The van der Waals surface area contributed by atoms with Crippen molar-refractivity contribution in [3.05, 3.63) is 48.3 Å². The third-order valence-electron chi connectivity index (χ3n) is 2.02. The lowest BCUT2D eigenvalue weighted by Crippen LogP contribution is -1.94. The minimum absolute atomic E-state index is 0.472. The molecule has 0 aliphatic heterocycles. The Kier molecular flexibility index (Phi) is 2.40. The molecule has 2 aromatic rings. The van der Waals surface area contributed by atoms with E-state index in [0.717, 1.165) is 17.5 Å². The Morgan fingerprint density at radius 3 is 2.64 bits per heavy atom. The number of carbonyl (C=O) groups is 1. The molecule has 70 valence electrons. The van der Waals surface area contributed by atoms with Crippen LogP contribution in [0.2, 0.25) is 0 Å². The van der Waals surface area contributed by atoms with Gasteiger partial charge in [0.2, 0.25) is 0 Å². The summed E-state index contributed by atoms with van der Waals surface area (Å²) in [5.41, 5.74) is 2.03. The van der Waals surface area contributed by atoms with E-state index in [0.29, 0.717) is 6.42 Å². The maximum Gasteiger partial charge on any atom is 0.124 e. The molecule has 0 amide bonds. The zero-order valence-corrected chi connectivity index (χ0v) is 7.63. The molecule has 0 bridgehead atoms. The molecule has 0 saturated heterocycles. The highest BCUT2D eigenvalue weighted by Crippen LogP contribution is 2.08. The number of aldehydes is 1. The van der Waals surface area contributed by atoms with Gasteiger partial charge in [-0.1, -0.05) is 12.1 Å². The van der Waals surface area contributed by atoms with Gasteiger partial charge in [-0.15, -0.1) is 0 Å². The lowest BCUT2D eigenvalue weighted by atomic mass is 10.1. The number of benzene rings is 1. The predicted molar refractivity (Wildman–Crippen MR) is 53.3 cm³/mol. The van der Waals surface area contributed by atoms with Gasteiger partial charge in [-0.3, -0.25) is 0 Å². The molecule has 1 heterocycles. The lowest BCUT2D eigenvalue weighted by molar-refractivity contribution is -0.107. The van der Waals surface area contributed by atoms with Crippen LogP contribution in [-0.2, 0) is 11.2 Å². The molecular formula is C11H10N2O. The standard InChI is InChI=1S/C11H10N2O/c14-9-6-10-2-4-11(5-3-10)13-8-1-7-12-13/h1-5,7-9H,6H2. The molecule has 14 heavy (non-hydrogen) atoms. The summed E-state index contributed by atoms with van der Waals surface area (Å²) in [5, 5.41) is 4.11. The summed E-state index contributed by atoms with van der Waals surface area (Å²) < 4.78 is 1.78. The molecule has 0 aliphatic carbocycles. The minimum atomic E-state index is 0.472. The fourth-order valence-electron chi connectivity index (χ4n) is 1.30. The van der Waals surface area contributed by atoms with Crippen molar-refractivity contribution >= 4 is 6.29 Å². The number of hydrogen-bond donors (Lipinski definition) is 0. The largest absolute Gasteiger partial charge is 0.303 e. The van der Waals surface area contributed by atoms with Crippen LogP contribution in [0.15, 0.2) is 42.7 Å². The molecule has 0 fully saturated rings. The van der Waals surface area contributed by atoms with Crippen LogP contribution in [0.25, 0.3) is 5.69 Å². The number of rotatable bonds is 3. The van der Waals surface area contributed by atoms with E-state index in [9.17, 15) is 4.79 Å². The first-order valence-electron chi connectivity index (χ1n) is 4.43. The van der Waals surface area contributed by atoms with E-state index in [2.05, 4.69) is 5.10 Å². The van der Waals surface area contributed by atoms with Crippen molar-refractivity contribution in [2.24, 2.45) is 0 Å². The maximum atomic E-state index is 10.3.